The number of benzene rings is 2. The minimum Gasteiger partial charge on any atom is -0.490 e. The fourth-order valence-corrected chi connectivity index (χ4v) is 4.08. The molecule has 2 aromatic carbocycles. The monoisotopic (exact) mass is 457 g/mol. The first-order chi connectivity index (χ1) is 16.6. The number of ether oxygens (including phenoxy) is 2. The van der Waals surface area contributed by atoms with E-state index in [1.807, 2.05) is 92.1 Å². The van der Waals surface area contributed by atoms with Crippen molar-refractivity contribution in [3.05, 3.63) is 89.4 Å². The molecule has 0 aliphatic rings. The number of aromatic nitrogens is 2. The predicted molar refractivity (Wildman–Crippen MR) is 135 cm³/mol. The van der Waals surface area contributed by atoms with Crippen molar-refractivity contribution in [1.29, 1.82) is 0 Å². The molecule has 0 bridgehead atoms. The normalized spacial score (nSPS) is 10.9. The smallest absolute Gasteiger partial charge is 0.267 e. The number of carbonyl (C=O) groups is 1. The Morgan fingerprint density at radius 3 is 2.53 bits per heavy atom. The van der Waals surface area contributed by atoms with E-state index in [0.29, 0.717) is 38.4 Å². The zero-order chi connectivity index (χ0) is 23.9. The van der Waals surface area contributed by atoms with Crippen molar-refractivity contribution in [3.8, 4) is 11.5 Å². The van der Waals surface area contributed by atoms with Gasteiger partial charge >= 0.3 is 0 Å². The number of nitrogens with zero attached hydrogens (tertiary/aromatic N) is 2. The highest BCUT2D eigenvalue weighted by Gasteiger charge is 2.16. The van der Waals surface area contributed by atoms with Crippen molar-refractivity contribution in [3.63, 3.8) is 0 Å². The molecule has 0 unspecified atom stereocenters. The largest absolute Gasteiger partial charge is 0.490 e. The van der Waals surface area contributed by atoms with Gasteiger partial charge in [0.2, 0.25) is 0 Å². The summed E-state index contributed by atoms with van der Waals surface area (Å²) in [4.78, 5) is 17.8. The highest BCUT2D eigenvalue weighted by atomic mass is 16.5. The summed E-state index contributed by atoms with van der Waals surface area (Å²) in [5.41, 5.74) is 4.61. The minimum atomic E-state index is -0.0974. The summed E-state index contributed by atoms with van der Waals surface area (Å²) in [5.74, 6) is 1.38. The number of rotatable bonds is 10. The molecule has 0 aliphatic heterocycles. The van der Waals surface area contributed by atoms with E-state index in [-0.39, 0.29) is 5.91 Å². The standard InChI is InChI=1S/C28H31N3O3/c1-4-33-26-14-13-21(17-27(26)34-5-2)15-16-29-28(32)25-18-22-10-6-7-12-24(22)31(25)19-23-11-8-9-20(3)30-23/h6-14,17-18H,4-5,15-16,19H2,1-3H3,(H,29,32). The second-order valence-corrected chi connectivity index (χ2v) is 8.10. The average molecular weight is 458 g/mol. The number of pyridine rings is 1. The molecule has 0 atom stereocenters. The Labute approximate surface area is 200 Å². The Hall–Kier alpha value is -3.80. The Bertz CT molecular complexity index is 1280. The molecule has 0 spiro atoms. The Morgan fingerprint density at radius 1 is 0.941 bits per heavy atom. The van der Waals surface area contributed by atoms with Crippen LogP contribution in [0.3, 0.4) is 0 Å². The molecule has 0 saturated heterocycles. The Morgan fingerprint density at radius 2 is 1.74 bits per heavy atom. The molecule has 1 amide bonds. The molecule has 34 heavy (non-hydrogen) atoms. The summed E-state index contributed by atoms with van der Waals surface area (Å²) < 4.78 is 13.4. The summed E-state index contributed by atoms with van der Waals surface area (Å²) in [6, 6.07) is 21.9. The van der Waals surface area contributed by atoms with Gasteiger partial charge in [-0.05, 0) is 69.2 Å². The maximum absolute atomic E-state index is 13.2. The number of nitrogens with one attached hydrogen (secondary N) is 1. The van der Waals surface area contributed by atoms with Crippen molar-refractivity contribution >= 4 is 16.8 Å². The second kappa shape index (κ2) is 10.9. The average Bonchev–Trinajstić information content (AvgIpc) is 3.19. The van der Waals surface area contributed by atoms with E-state index < -0.39 is 0 Å². The van der Waals surface area contributed by atoms with E-state index in [1.54, 1.807) is 0 Å². The number of amides is 1. The molecule has 0 radical (unpaired) electrons. The Kier molecular flexibility index (Phi) is 7.48. The number of para-hydroxylation sites is 1. The van der Waals surface area contributed by atoms with E-state index >= 15 is 0 Å². The topological polar surface area (TPSA) is 65.4 Å². The third kappa shape index (κ3) is 5.39. The lowest BCUT2D eigenvalue weighted by Gasteiger charge is -2.13. The molecule has 176 valence electrons. The SMILES string of the molecule is CCOc1ccc(CCNC(=O)c2cc3ccccc3n2Cc2cccc(C)n2)cc1OCC. The zero-order valence-corrected chi connectivity index (χ0v) is 20.0. The van der Waals surface area contributed by atoms with Crippen LogP contribution in [0.2, 0.25) is 0 Å². The van der Waals surface area contributed by atoms with Crippen molar-refractivity contribution in [2.45, 2.75) is 33.7 Å². The van der Waals surface area contributed by atoms with Crippen LogP contribution in [0.15, 0.2) is 66.7 Å². The van der Waals surface area contributed by atoms with Crippen molar-refractivity contribution < 1.29 is 14.3 Å². The summed E-state index contributed by atoms with van der Waals surface area (Å²) in [6.07, 6.45) is 0.692. The van der Waals surface area contributed by atoms with Crippen LogP contribution >= 0.6 is 0 Å². The fraction of sp³-hybridized carbons (Fsp3) is 0.286. The van der Waals surface area contributed by atoms with Crippen LogP contribution in [0.25, 0.3) is 10.9 Å². The first-order valence-corrected chi connectivity index (χ1v) is 11.8. The second-order valence-electron chi connectivity index (χ2n) is 8.10. The summed E-state index contributed by atoms with van der Waals surface area (Å²) in [5, 5.41) is 4.12. The van der Waals surface area contributed by atoms with Crippen molar-refractivity contribution in [2.75, 3.05) is 19.8 Å². The fourth-order valence-electron chi connectivity index (χ4n) is 4.08. The molecule has 1 N–H and O–H groups in total. The number of fused-ring (bicyclic) bond motifs is 1. The van der Waals surface area contributed by atoms with Crippen LogP contribution in [-0.2, 0) is 13.0 Å². The third-order valence-electron chi connectivity index (χ3n) is 5.62. The van der Waals surface area contributed by atoms with Gasteiger partial charge in [-0.15, -0.1) is 0 Å². The molecule has 2 aromatic heterocycles. The van der Waals surface area contributed by atoms with Gasteiger partial charge in [0.05, 0.1) is 25.5 Å². The molecule has 2 heterocycles. The van der Waals surface area contributed by atoms with Crippen LogP contribution in [0, 0.1) is 6.92 Å². The third-order valence-corrected chi connectivity index (χ3v) is 5.62. The highest BCUT2D eigenvalue weighted by Crippen LogP contribution is 2.28. The van der Waals surface area contributed by atoms with Crippen LogP contribution in [0.1, 0.15) is 41.3 Å². The first-order valence-electron chi connectivity index (χ1n) is 11.8. The van der Waals surface area contributed by atoms with Crippen molar-refractivity contribution in [2.24, 2.45) is 0 Å². The van der Waals surface area contributed by atoms with Crippen molar-refractivity contribution in [1.82, 2.24) is 14.9 Å². The van der Waals surface area contributed by atoms with Gasteiger partial charge in [0, 0.05) is 23.1 Å². The van der Waals surface area contributed by atoms with Crippen LogP contribution in [0.5, 0.6) is 11.5 Å². The molecule has 0 fully saturated rings. The van der Waals surface area contributed by atoms with Crippen LogP contribution in [0.4, 0.5) is 0 Å². The van der Waals surface area contributed by atoms with Gasteiger partial charge < -0.3 is 19.4 Å². The van der Waals surface area contributed by atoms with E-state index in [9.17, 15) is 4.79 Å². The number of carbonyl (C=O) groups excluding carboxylic acids is 1. The molecule has 0 saturated carbocycles. The number of hydrogen-bond acceptors (Lipinski definition) is 4. The molecule has 4 aromatic rings. The van der Waals surface area contributed by atoms with Gasteiger partial charge in [0.1, 0.15) is 5.69 Å². The lowest BCUT2D eigenvalue weighted by atomic mass is 10.1. The van der Waals surface area contributed by atoms with E-state index in [4.69, 9.17) is 9.47 Å². The maximum Gasteiger partial charge on any atom is 0.267 e. The molecule has 0 aliphatic carbocycles. The molecular weight excluding hydrogens is 426 g/mol. The lowest BCUT2D eigenvalue weighted by Crippen LogP contribution is -2.28. The van der Waals surface area contributed by atoms with Gasteiger partial charge in [-0.3, -0.25) is 9.78 Å². The van der Waals surface area contributed by atoms with Gasteiger partial charge in [-0.1, -0.05) is 30.3 Å². The van der Waals surface area contributed by atoms with Crippen LogP contribution in [-0.4, -0.2) is 35.2 Å². The van der Waals surface area contributed by atoms with Gasteiger partial charge in [-0.25, -0.2) is 0 Å². The highest BCUT2D eigenvalue weighted by molar-refractivity contribution is 5.98. The van der Waals surface area contributed by atoms with E-state index in [1.165, 1.54) is 0 Å². The summed E-state index contributed by atoms with van der Waals surface area (Å²) >= 11 is 0. The quantitative estimate of drug-likeness (QED) is 0.357. The minimum absolute atomic E-state index is 0.0974. The van der Waals surface area contributed by atoms with Crippen LogP contribution < -0.4 is 14.8 Å². The van der Waals surface area contributed by atoms with Gasteiger partial charge in [0.25, 0.3) is 5.91 Å². The summed E-state index contributed by atoms with van der Waals surface area (Å²) in [7, 11) is 0. The molecule has 4 rings (SSSR count). The Balaban J connectivity index is 1.49. The summed E-state index contributed by atoms with van der Waals surface area (Å²) in [6.45, 7) is 8.09. The van der Waals surface area contributed by atoms with E-state index in [2.05, 4.69) is 10.3 Å². The molecule has 6 nitrogen and oxygen atoms in total. The maximum atomic E-state index is 13.2. The first kappa shape index (κ1) is 23.4. The molecule has 6 heteroatoms. The zero-order valence-electron chi connectivity index (χ0n) is 20.0. The predicted octanol–water partition coefficient (Wildman–Crippen LogP) is 5.16. The molecular formula is C28H31N3O3. The van der Waals surface area contributed by atoms with Gasteiger partial charge in [0.15, 0.2) is 11.5 Å². The van der Waals surface area contributed by atoms with Gasteiger partial charge in [-0.2, -0.15) is 0 Å². The number of aryl methyl sites for hydroxylation is 1. The lowest BCUT2D eigenvalue weighted by molar-refractivity contribution is 0.0945. The van der Waals surface area contributed by atoms with E-state index in [0.717, 1.165) is 39.4 Å². The number of hydrogen-bond donors (Lipinski definition) is 1.